The summed E-state index contributed by atoms with van der Waals surface area (Å²) in [5.74, 6) is -1.17. The number of nitrogens with zero attached hydrogens (tertiary/aromatic N) is 1. The van der Waals surface area contributed by atoms with Gasteiger partial charge in [0, 0.05) is 0 Å². The van der Waals surface area contributed by atoms with Crippen LogP contribution in [-0.2, 0) is 9.53 Å². The number of carboxylic acids is 1. The molecule has 0 aliphatic carbocycles. The molecule has 0 rings (SSSR count). The molecule has 0 aromatic heterocycles. The Labute approximate surface area is 94.2 Å². The van der Waals surface area contributed by atoms with Crippen molar-refractivity contribution in [2.75, 3.05) is 0 Å². The molecular formula is C10H16N2O4. The minimum absolute atomic E-state index is 0.483. The summed E-state index contributed by atoms with van der Waals surface area (Å²) >= 11 is 0. The monoisotopic (exact) mass is 228 g/mol. The molecule has 0 saturated heterocycles. The van der Waals surface area contributed by atoms with E-state index in [0.717, 1.165) is 0 Å². The zero-order chi connectivity index (χ0) is 13.0. The standard InChI is InChI=1S/C10H16N2O4/c1-9(2,3)16-8(15)12-10(4,6-11)5-7(13)14/h5H2,1-4H3,(H,12,15)(H,13,14)/t10-/m0/s1. The van der Waals surface area contributed by atoms with E-state index in [1.165, 1.54) is 6.92 Å². The Morgan fingerprint density at radius 1 is 1.38 bits per heavy atom. The summed E-state index contributed by atoms with van der Waals surface area (Å²) in [5, 5.41) is 19.6. The molecule has 90 valence electrons. The number of amides is 1. The van der Waals surface area contributed by atoms with Crippen LogP contribution in [0.4, 0.5) is 4.79 Å². The molecule has 0 aromatic carbocycles. The molecule has 0 unspecified atom stereocenters. The molecule has 1 atom stereocenters. The largest absolute Gasteiger partial charge is 0.481 e. The van der Waals surface area contributed by atoms with Crippen LogP contribution in [0.1, 0.15) is 34.1 Å². The molecule has 0 heterocycles. The number of rotatable bonds is 3. The highest BCUT2D eigenvalue weighted by Crippen LogP contribution is 2.11. The number of carbonyl (C=O) groups is 2. The lowest BCUT2D eigenvalue weighted by atomic mass is 10.0. The van der Waals surface area contributed by atoms with Crippen LogP contribution in [0, 0.1) is 11.3 Å². The van der Waals surface area contributed by atoms with Crippen LogP contribution in [0.2, 0.25) is 0 Å². The fraction of sp³-hybridized carbons (Fsp3) is 0.700. The van der Waals surface area contributed by atoms with Crippen LogP contribution in [0.25, 0.3) is 0 Å². The summed E-state index contributed by atoms with van der Waals surface area (Å²) in [5.41, 5.74) is -2.15. The Morgan fingerprint density at radius 2 is 1.88 bits per heavy atom. The normalized spacial score (nSPS) is 14.4. The molecule has 0 spiro atoms. The van der Waals surface area contributed by atoms with Crippen LogP contribution in [-0.4, -0.2) is 28.3 Å². The smallest absolute Gasteiger partial charge is 0.408 e. The predicted octanol–water partition coefficient (Wildman–Crippen LogP) is 1.27. The molecule has 0 aliphatic rings. The van der Waals surface area contributed by atoms with Gasteiger partial charge in [-0.25, -0.2) is 4.79 Å². The second-order valence-corrected chi connectivity index (χ2v) is 4.64. The minimum atomic E-state index is -1.46. The number of ether oxygens (including phenoxy) is 1. The molecule has 16 heavy (non-hydrogen) atoms. The van der Waals surface area contributed by atoms with E-state index in [2.05, 4.69) is 5.32 Å². The molecule has 0 saturated carbocycles. The Bertz CT molecular complexity index is 327. The van der Waals surface area contributed by atoms with Gasteiger partial charge >= 0.3 is 12.1 Å². The second kappa shape index (κ2) is 4.84. The van der Waals surface area contributed by atoms with Crippen LogP contribution >= 0.6 is 0 Å². The van der Waals surface area contributed by atoms with Crippen LogP contribution < -0.4 is 5.32 Å². The van der Waals surface area contributed by atoms with Crippen LogP contribution in [0.5, 0.6) is 0 Å². The molecule has 6 nitrogen and oxygen atoms in total. The molecule has 0 aliphatic heterocycles. The summed E-state index contributed by atoms with van der Waals surface area (Å²) < 4.78 is 4.92. The number of alkyl carbamates (subject to hydrolysis) is 1. The van der Waals surface area contributed by atoms with Gasteiger partial charge < -0.3 is 15.2 Å². The lowest BCUT2D eigenvalue weighted by Crippen LogP contribution is -2.48. The third kappa shape index (κ3) is 5.86. The summed E-state index contributed by atoms with van der Waals surface area (Å²) in [7, 11) is 0. The maximum absolute atomic E-state index is 11.3. The number of carbonyl (C=O) groups excluding carboxylic acids is 1. The lowest BCUT2D eigenvalue weighted by Gasteiger charge is -2.25. The van der Waals surface area contributed by atoms with E-state index in [4.69, 9.17) is 15.1 Å². The first-order chi connectivity index (χ1) is 7.08. The van der Waals surface area contributed by atoms with Crippen molar-refractivity contribution in [2.24, 2.45) is 0 Å². The first kappa shape index (κ1) is 14.2. The third-order valence-corrected chi connectivity index (χ3v) is 1.53. The maximum Gasteiger partial charge on any atom is 0.408 e. The molecule has 6 heteroatoms. The molecule has 0 fully saturated rings. The van der Waals surface area contributed by atoms with E-state index in [1.807, 2.05) is 0 Å². The van der Waals surface area contributed by atoms with Crippen LogP contribution in [0.3, 0.4) is 0 Å². The van der Waals surface area contributed by atoms with Gasteiger partial charge in [0.15, 0.2) is 0 Å². The van der Waals surface area contributed by atoms with Crippen molar-refractivity contribution < 1.29 is 19.4 Å². The first-order valence-corrected chi connectivity index (χ1v) is 4.72. The molecule has 1 amide bonds. The number of nitriles is 1. The number of nitrogens with one attached hydrogen (secondary N) is 1. The highest BCUT2D eigenvalue weighted by atomic mass is 16.6. The van der Waals surface area contributed by atoms with Gasteiger partial charge in [0.2, 0.25) is 0 Å². The average molecular weight is 228 g/mol. The average Bonchev–Trinajstić information content (AvgIpc) is 1.98. The van der Waals surface area contributed by atoms with E-state index in [1.54, 1.807) is 26.8 Å². The van der Waals surface area contributed by atoms with E-state index < -0.39 is 29.6 Å². The summed E-state index contributed by atoms with van der Waals surface area (Å²) in [6.45, 7) is 6.35. The SMILES string of the molecule is CC(C)(C)OC(=O)N[C@](C)(C#N)CC(=O)O. The number of hydrogen-bond donors (Lipinski definition) is 2. The molecular weight excluding hydrogens is 212 g/mol. The van der Waals surface area contributed by atoms with Crippen molar-refractivity contribution in [3.05, 3.63) is 0 Å². The van der Waals surface area contributed by atoms with E-state index in [9.17, 15) is 9.59 Å². The molecule has 2 N–H and O–H groups in total. The Balaban J connectivity index is 4.51. The number of hydrogen-bond acceptors (Lipinski definition) is 4. The molecule has 0 radical (unpaired) electrons. The van der Waals surface area contributed by atoms with Crippen LogP contribution in [0.15, 0.2) is 0 Å². The van der Waals surface area contributed by atoms with Crippen molar-refractivity contribution >= 4 is 12.1 Å². The third-order valence-electron chi connectivity index (χ3n) is 1.53. The first-order valence-electron chi connectivity index (χ1n) is 4.72. The molecule has 0 aromatic rings. The fourth-order valence-corrected chi connectivity index (χ4v) is 0.943. The zero-order valence-electron chi connectivity index (χ0n) is 9.83. The zero-order valence-corrected chi connectivity index (χ0v) is 9.83. The van der Waals surface area contributed by atoms with Crippen molar-refractivity contribution in [3.63, 3.8) is 0 Å². The Morgan fingerprint density at radius 3 is 2.19 bits per heavy atom. The Kier molecular flexibility index (Phi) is 4.30. The van der Waals surface area contributed by atoms with Gasteiger partial charge in [-0.1, -0.05) is 0 Å². The topological polar surface area (TPSA) is 99.4 Å². The van der Waals surface area contributed by atoms with E-state index in [0.29, 0.717) is 0 Å². The second-order valence-electron chi connectivity index (χ2n) is 4.64. The Hall–Kier alpha value is -1.77. The summed E-state index contributed by atoms with van der Waals surface area (Å²) in [6, 6.07) is 1.73. The van der Waals surface area contributed by atoms with E-state index in [-0.39, 0.29) is 0 Å². The quantitative estimate of drug-likeness (QED) is 0.757. The summed E-state index contributed by atoms with van der Waals surface area (Å²) in [6.07, 6.45) is -1.29. The maximum atomic E-state index is 11.3. The lowest BCUT2D eigenvalue weighted by molar-refractivity contribution is -0.138. The van der Waals surface area contributed by atoms with E-state index >= 15 is 0 Å². The van der Waals surface area contributed by atoms with Gasteiger partial charge in [-0.2, -0.15) is 5.26 Å². The summed E-state index contributed by atoms with van der Waals surface area (Å²) in [4.78, 5) is 21.8. The van der Waals surface area contributed by atoms with Crippen molar-refractivity contribution in [2.45, 2.75) is 45.3 Å². The fourth-order valence-electron chi connectivity index (χ4n) is 0.943. The van der Waals surface area contributed by atoms with Gasteiger partial charge in [0.05, 0.1) is 12.5 Å². The molecule has 0 bridgehead atoms. The van der Waals surface area contributed by atoms with Crippen molar-refractivity contribution in [1.29, 1.82) is 5.26 Å². The highest BCUT2D eigenvalue weighted by Gasteiger charge is 2.31. The minimum Gasteiger partial charge on any atom is -0.481 e. The highest BCUT2D eigenvalue weighted by molar-refractivity contribution is 5.73. The van der Waals surface area contributed by atoms with Gasteiger partial charge in [0.1, 0.15) is 11.1 Å². The number of carboxylic acid groups (broad SMARTS) is 1. The van der Waals surface area contributed by atoms with Gasteiger partial charge in [-0.3, -0.25) is 4.79 Å². The van der Waals surface area contributed by atoms with Crippen molar-refractivity contribution in [1.82, 2.24) is 5.32 Å². The number of aliphatic carboxylic acids is 1. The van der Waals surface area contributed by atoms with Gasteiger partial charge in [0.25, 0.3) is 0 Å². The van der Waals surface area contributed by atoms with Crippen molar-refractivity contribution in [3.8, 4) is 6.07 Å². The predicted molar refractivity (Wildman–Crippen MR) is 55.6 cm³/mol. The van der Waals surface area contributed by atoms with Gasteiger partial charge in [-0.15, -0.1) is 0 Å². The van der Waals surface area contributed by atoms with Gasteiger partial charge in [-0.05, 0) is 27.7 Å².